The van der Waals surface area contributed by atoms with Gasteiger partial charge in [0.1, 0.15) is 5.82 Å². The summed E-state index contributed by atoms with van der Waals surface area (Å²) in [5.74, 6) is -0.519. The van der Waals surface area contributed by atoms with Crippen LogP contribution in [0.4, 0.5) is 4.39 Å². The van der Waals surface area contributed by atoms with Crippen LogP contribution in [-0.4, -0.2) is 35.4 Å². The van der Waals surface area contributed by atoms with Crippen LogP contribution in [0.3, 0.4) is 0 Å². The topological polar surface area (TPSA) is 45.2 Å². The molecule has 1 aliphatic rings. The number of aromatic nitrogens is 1. The van der Waals surface area contributed by atoms with Crippen molar-refractivity contribution in [3.63, 3.8) is 0 Å². The van der Waals surface area contributed by atoms with Crippen molar-refractivity contribution in [2.45, 2.75) is 13.0 Å². The van der Waals surface area contributed by atoms with Crippen molar-refractivity contribution in [2.75, 3.05) is 19.6 Å². The van der Waals surface area contributed by atoms with Crippen molar-refractivity contribution in [2.24, 2.45) is 0 Å². The highest BCUT2D eigenvalue weighted by molar-refractivity contribution is 5.94. The van der Waals surface area contributed by atoms with Gasteiger partial charge in [0.15, 0.2) is 0 Å². The normalized spacial score (nSPS) is 17.5. The number of amides is 1. The Hall–Kier alpha value is -1.98. The molecule has 1 aromatic carbocycles. The lowest BCUT2D eigenvalue weighted by molar-refractivity contribution is 0.0633. The van der Waals surface area contributed by atoms with Crippen molar-refractivity contribution >= 4 is 18.3 Å². The van der Waals surface area contributed by atoms with E-state index < -0.39 is 0 Å². The molecule has 1 N–H and O–H groups in total. The number of aryl methyl sites for hydroxylation is 1. The zero-order valence-electron chi connectivity index (χ0n) is 12.8. The Kier molecular flexibility index (Phi) is 5.69. The quantitative estimate of drug-likeness (QED) is 0.918. The molecule has 0 bridgehead atoms. The van der Waals surface area contributed by atoms with Crippen LogP contribution in [0.5, 0.6) is 0 Å². The lowest BCUT2D eigenvalue weighted by atomic mass is 10.0. The van der Waals surface area contributed by atoms with Crippen LogP contribution in [0, 0.1) is 12.7 Å². The largest absolute Gasteiger partial charge is 0.329 e. The minimum atomic E-state index is -0.378. The third-order valence-electron chi connectivity index (χ3n) is 3.86. The predicted octanol–water partition coefficient (Wildman–Crippen LogP) is 2.74. The highest BCUT2D eigenvalue weighted by atomic mass is 35.5. The molecule has 122 valence electrons. The Morgan fingerprint density at radius 3 is 2.91 bits per heavy atom. The summed E-state index contributed by atoms with van der Waals surface area (Å²) in [7, 11) is 0. The molecule has 1 saturated heterocycles. The smallest absolute Gasteiger partial charge is 0.254 e. The second-order valence-corrected chi connectivity index (χ2v) is 5.52. The van der Waals surface area contributed by atoms with Gasteiger partial charge < -0.3 is 10.2 Å². The highest BCUT2D eigenvalue weighted by Gasteiger charge is 2.29. The van der Waals surface area contributed by atoms with Crippen LogP contribution >= 0.6 is 12.4 Å². The number of halogens is 2. The molecule has 0 saturated carbocycles. The molecule has 1 fully saturated rings. The van der Waals surface area contributed by atoms with Crippen molar-refractivity contribution in [1.82, 2.24) is 15.2 Å². The second kappa shape index (κ2) is 7.53. The van der Waals surface area contributed by atoms with Crippen LogP contribution in [0.1, 0.15) is 27.5 Å². The lowest BCUT2D eigenvalue weighted by Gasteiger charge is -2.36. The average Bonchev–Trinajstić information content (AvgIpc) is 2.54. The lowest BCUT2D eigenvalue weighted by Crippen LogP contribution is -2.48. The summed E-state index contributed by atoms with van der Waals surface area (Å²) in [6, 6.07) is 8.19. The van der Waals surface area contributed by atoms with Gasteiger partial charge in [-0.05, 0) is 42.3 Å². The maximum absolute atomic E-state index is 13.6. The van der Waals surface area contributed by atoms with Gasteiger partial charge in [-0.3, -0.25) is 9.78 Å². The molecule has 1 aliphatic heterocycles. The number of benzene rings is 1. The van der Waals surface area contributed by atoms with E-state index >= 15 is 0 Å². The molecule has 6 heteroatoms. The first kappa shape index (κ1) is 17.4. The standard InChI is InChI=1S/C17H18FN3O.ClH/c1-12-7-14(9-15(18)8-12)17(22)21-6-5-20-11-16(21)13-3-2-4-19-10-13;/h2-4,7-10,16,20H,5-6,11H2,1H3;1H. The summed E-state index contributed by atoms with van der Waals surface area (Å²) in [5.41, 5.74) is 2.13. The van der Waals surface area contributed by atoms with E-state index in [1.165, 1.54) is 12.1 Å². The molecule has 3 rings (SSSR count). The van der Waals surface area contributed by atoms with Crippen LogP contribution in [-0.2, 0) is 0 Å². The molecule has 0 radical (unpaired) electrons. The molecule has 0 spiro atoms. The molecule has 1 aromatic heterocycles. The molecular weight excluding hydrogens is 317 g/mol. The number of hydrogen-bond acceptors (Lipinski definition) is 3. The number of carbonyl (C=O) groups excluding carboxylic acids is 1. The molecule has 1 unspecified atom stereocenters. The van der Waals surface area contributed by atoms with E-state index in [1.807, 2.05) is 12.1 Å². The van der Waals surface area contributed by atoms with Gasteiger partial charge in [-0.25, -0.2) is 4.39 Å². The summed E-state index contributed by atoms with van der Waals surface area (Å²) >= 11 is 0. The maximum Gasteiger partial charge on any atom is 0.254 e. The first-order valence-corrected chi connectivity index (χ1v) is 7.34. The fourth-order valence-electron chi connectivity index (χ4n) is 2.84. The zero-order chi connectivity index (χ0) is 15.5. The van der Waals surface area contributed by atoms with Crippen LogP contribution in [0.25, 0.3) is 0 Å². The molecule has 1 amide bonds. The fraction of sp³-hybridized carbons (Fsp3) is 0.294. The van der Waals surface area contributed by atoms with Crippen LogP contribution in [0.2, 0.25) is 0 Å². The summed E-state index contributed by atoms with van der Waals surface area (Å²) < 4.78 is 13.6. The van der Waals surface area contributed by atoms with E-state index in [2.05, 4.69) is 10.3 Å². The second-order valence-electron chi connectivity index (χ2n) is 5.52. The number of rotatable bonds is 2. The SMILES string of the molecule is Cc1cc(F)cc(C(=O)N2CCNCC2c2cccnc2)c1.Cl. The zero-order valence-corrected chi connectivity index (χ0v) is 13.6. The minimum Gasteiger partial charge on any atom is -0.329 e. The molecular formula is C17H19ClFN3O. The molecule has 0 aliphatic carbocycles. The molecule has 2 heterocycles. The highest BCUT2D eigenvalue weighted by Crippen LogP contribution is 2.24. The molecule has 4 nitrogen and oxygen atoms in total. The third kappa shape index (κ3) is 3.86. The number of carbonyl (C=O) groups is 1. The molecule has 1 atom stereocenters. The van der Waals surface area contributed by atoms with E-state index in [1.54, 1.807) is 30.3 Å². The van der Waals surface area contributed by atoms with Gasteiger partial charge in [0.25, 0.3) is 5.91 Å². The summed E-state index contributed by atoms with van der Waals surface area (Å²) in [6.07, 6.45) is 3.48. The van der Waals surface area contributed by atoms with Crippen LogP contribution < -0.4 is 5.32 Å². The van der Waals surface area contributed by atoms with Crippen molar-refractivity contribution in [1.29, 1.82) is 0 Å². The maximum atomic E-state index is 13.6. The average molecular weight is 336 g/mol. The first-order valence-electron chi connectivity index (χ1n) is 7.34. The van der Waals surface area contributed by atoms with Gasteiger partial charge >= 0.3 is 0 Å². The Labute approximate surface area is 141 Å². The summed E-state index contributed by atoms with van der Waals surface area (Å²) in [5, 5.41) is 3.30. The van der Waals surface area contributed by atoms with Gasteiger partial charge in [0.05, 0.1) is 6.04 Å². The number of pyridine rings is 1. The number of nitrogens with zero attached hydrogens (tertiary/aromatic N) is 2. The van der Waals surface area contributed by atoms with E-state index in [0.29, 0.717) is 18.7 Å². The Morgan fingerprint density at radius 1 is 1.39 bits per heavy atom. The molecule has 23 heavy (non-hydrogen) atoms. The number of piperazine rings is 1. The van der Waals surface area contributed by atoms with E-state index in [4.69, 9.17) is 0 Å². The number of hydrogen-bond donors (Lipinski definition) is 1. The Bertz CT molecular complexity index is 661. The minimum absolute atomic E-state index is 0. The van der Waals surface area contributed by atoms with E-state index in [9.17, 15) is 9.18 Å². The van der Waals surface area contributed by atoms with Gasteiger partial charge in [-0.1, -0.05) is 6.07 Å². The summed E-state index contributed by atoms with van der Waals surface area (Å²) in [4.78, 5) is 18.7. The van der Waals surface area contributed by atoms with Crippen molar-refractivity contribution in [3.8, 4) is 0 Å². The first-order chi connectivity index (χ1) is 10.6. The fourth-order valence-corrected chi connectivity index (χ4v) is 2.84. The monoisotopic (exact) mass is 335 g/mol. The van der Waals surface area contributed by atoms with Gasteiger partial charge in [0.2, 0.25) is 0 Å². The Balaban J connectivity index is 0.00000192. The van der Waals surface area contributed by atoms with Crippen LogP contribution in [0.15, 0.2) is 42.7 Å². The van der Waals surface area contributed by atoms with Crippen molar-refractivity contribution < 1.29 is 9.18 Å². The van der Waals surface area contributed by atoms with E-state index in [-0.39, 0.29) is 30.2 Å². The molecule has 2 aromatic rings. The van der Waals surface area contributed by atoms with Gasteiger partial charge in [-0.15, -0.1) is 12.4 Å². The van der Waals surface area contributed by atoms with E-state index in [0.717, 1.165) is 17.7 Å². The number of nitrogens with one attached hydrogen (secondary N) is 1. The van der Waals surface area contributed by atoms with Crippen molar-refractivity contribution in [3.05, 3.63) is 65.2 Å². The predicted molar refractivity (Wildman–Crippen MR) is 89.3 cm³/mol. The van der Waals surface area contributed by atoms with Gasteiger partial charge in [-0.2, -0.15) is 0 Å². The third-order valence-corrected chi connectivity index (χ3v) is 3.86. The van der Waals surface area contributed by atoms with Gasteiger partial charge in [0, 0.05) is 37.6 Å². The Morgan fingerprint density at radius 2 is 2.22 bits per heavy atom. The summed E-state index contributed by atoms with van der Waals surface area (Å²) in [6.45, 7) is 3.78.